The molecule has 0 amide bonds. The Balaban J connectivity index is 3.66. The highest BCUT2D eigenvalue weighted by atomic mass is 28.4. The van der Waals surface area contributed by atoms with Gasteiger partial charge in [-0.1, -0.05) is 73.1 Å². The minimum atomic E-state index is -1.52. The molecule has 0 aromatic carbocycles. The highest BCUT2D eigenvalue weighted by Gasteiger charge is 2.36. The van der Waals surface area contributed by atoms with E-state index in [0.29, 0.717) is 5.04 Å². The van der Waals surface area contributed by atoms with Crippen LogP contribution in [-0.2, 0) is 4.43 Å². The van der Waals surface area contributed by atoms with Crippen molar-refractivity contribution in [1.29, 1.82) is 0 Å². The number of unbranched alkanes of at least 4 members (excludes halogenated alkanes) is 4. The van der Waals surface area contributed by atoms with Gasteiger partial charge in [0, 0.05) is 6.61 Å². The molecule has 0 aliphatic carbocycles. The predicted molar refractivity (Wildman–Crippen MR) is 90.3 cm³/mol. The lowest BCUT2D eigenvalue weighted by Crippen LogP contribution is -2.41. The smallest absolute Gasteiger partial charge is 0.191 e. The number of hydrogen-bond donors (Lipinski definition) is 0. The first-order valence-electron chi connectivity index (χ1n) is 8.34. The molecular formula is C17H38OSi. The van der Waals surface area contributed by atoms with Crippen molar-refractivity contribution in [3.63, 3.8) is 0 Å². The average molecular weight is 287 g/mol. The van der Waals surface area contributed by atoms with Gasteiger partial charge in [-0.05, 0) is 30.5 Å². The standard InChI is InChI=1S/C17H38OSi/c1-8-9-10-11-12-13-16(2)14-15-18-19(6,7)17(3,4)5/h16H,8-15H2,1-7H3/t16-/m1/s1. The summed E-state index contributed by atoms with van der Waals surface area (Å²) in [5, 5.41) is 0.344. The summed E-state index contributed by atoms with van der Waals surface area (Å²) in [6.45, 7) is 17.3. The molecule has 0 unspecified atom stereocenters. The van der Waals surface area contributed by atoms with Gasteiger partial charge in [-0.15, -0.1) is 0 Å². The zero-order valence-corrected chi connectivity index (χ0v) is 15.6. The topological polar surface area (TPSA) is 9.23 Å². The molecule has 0 N–H and O–H groups in total. The Morgan fingerprint density at radius 1 is 0.947 bits per heavy atom. The molecule has 0 aliphatic rings. The van der Waals surface area contributed by atoms with Gasteiger partial charge in [0.15, 0.2) is 8.32 Å². The summed E-state index contributed by atoms with van der Waals surface area (Å²) in [6.07, 6.45) is 9.61. The molecule has 1 nitrogen and oxygen atoms in total. The minimum absolute atomic E-state index is 0.344. The monoisotopic (exact) mass is 286 g/mol. The summed E-state index contributed by atoms with van der Waals surface area (Å²) in [5.74, 6) is 0.825. The lowest BCUT2D eigenvalue weighted by atomic mass is 10.00. The fraction of sp³-hybridized carbons (Fsp3) is 1.00. The largest absolute Gasteiger partial charge is 0.417 e. The van der Waals surface area contributed by atoms with E-state index in [-0.39, 0.29) is 0 Å². The zero-order valence-electron chi connectivity index (χ0n) is 14.6. The van der Waals surface area contributed by atoms with Crippen molar-refractivity contribution in [3.8, 4) is 0 Å². The van der Waals surface area contributed by atoms with Gasteiger partial charge < -0.3 is 4.43 Å². The third kappa shape index (κ3) is 8.86. The van der Waals surface area contributed by atoms with Crippen LogP contribution in [0.15, 0.2) is 0 Å². The fourth-order valence-corrected chi connectivity index (χ4v) is 3.03. The Morgan fingerprint density at radius 2 is 1.53 bits per heavy atom. The van der Waals surface area contributed by atoms with Crippen molar-refractivity contribution in [2.24, 2.45) is 5.92 Å². The molecule has 0 heterocycles. The molecule has 0 spiro atoms. The van der Waals surface area contributed by atoms with E-state index in [4.69, 9.17) is 4.43 Å². The van der Waals surface area contributed by atoms with Gasteiger partial charge in [0.05, 0.1) is 0 Å². The second-order valence-electron chi connectivity index (χ2n) is 7.71. The zero-order chi connectivity index (χ0) is 14.9. The highest BCUT2D eigenvalue weighted by molar-refractivity contribution is 6.74. The molecule has 0 aliphatic heterocycles. The summed E-state index contributed by atoms with van der Waals surface area (Å²) in [5.41, 5.74) is 0. The molecule has 0 saturated heterocycles. The van der Waals surface area contributed by atoms with Crippen LogP contribution in [0.25, 0.3) is 0 Å². The summed E-state index contributed by atoms with van der Waals surface area (Å²) < 4.78 is 6.25. The second kappa shape index (κ2) is 9.18. The maximum absolute atomic E-state index is 6.25. The van der Waals surface area contributed by atoms with Crippen molar-refractivity contribution < 1.29 is 4.43 Å². The van der Waals surface area contributed by atoms with E-state index in [1.165, 1.54) is 44.9 Å². The SMILES string of the molecule is CCCCCCC[C@@H](C)CCO[Si](C)(C)C(C)(C)C. The van der Waals surface area contributed by atoms with Crippen LogP contribution in [0, 0.1) is 5.92 Å². The van der Waals surface area contributed by atoms with Crippen LogP contribution in [-0.4, -0.2) is 14.9 Å². The van der Waals surface area contributed by atoms with Gasteiger partial charge in [-0.25, -0.2) is 0 Å². The lowest BCUT2D eigenvalue weighted by Gasteiger charge is -2.36. The molecule has 0 bridgehead atoms. The number of rotatable bonds is 10. The molecule has 2 heteroatoms. The summed E-state index contributed by atoms with van der Waals surface area (Å²) >= 11 is 0. The predicted octanol–water partition coefficient (Wildman–Crippen LogP) is 6.39. The molecule has 19 heavy (non-hydrogen) atoms. The summed E-state index contributed by atoms with van der Waals surface area (Å²) in [6, 6.07) is 0. The first-order chi connectivity index (χ1) is 8.70. The number of hydrogen-bond acceptors (Lipinski definition) is 1. The Labute approximate surface area is 123 Å². The van der Waals surface area contributed by atoms with Gasteiger partial charge in [-0.2, -0.15) is 0 Å². The van der Waals surface area contributed by atoms with Crippen LogP contribution in [0.5, 0.6) is 0 Å². The Hall–Kier alpha value is 0.177. The van der Waals surface area contributed by atoms with Crippen LogP contribution in [0.2, 0.25) is 18.1 Å². The van der Waals surface area contributed by atoms with E-state index in [0.717, 1.165) is 12.5 Å². The van der Waals surface area contributed by atoms with E-state index in [1.54, 1.807) is 0 Å². The quantitative estimate of drug-likeness (QED) is 0.334. The Morgan fingerprint density at radius 3 is 2.05 bits per heavy atom. The van der Waals surface area contributed by atoms with Crippen molar-refractivity contribution in [2.45, 2.75) is 97.7 Å². The molecule has 0 radical (unpaired) electrons. The van der Waals surface area contributed by atoms with Crippen LogP contribution >= 0.6 is 0 Å². The Bertz CT molecular complexity index is 218. The third-order valence-electron chi connectivity index (χ3n) is 4.68. The highest BCUT2D eigenvalue weighted by Crippen LogP contribution is 2.36. The third-order valence-corrected chi connectivity index (χ3v) is 9.22. The first kappa shape index (κ1) is 19.2. The van der Waals surface area contributed by atoms with E-state index in [2.05, 4.69) is 47.7 Å². The van der Waals surface area contributed by atoms with Gasteiger partial charge in [0.25, 0.3) is 0 Å². The summed E-state index contributed by atoms with van der Waals surface area (Å²) in [4.78, 5) is 0. The normalized spacial score (nSPS) is 14.7. The molecule has 0 aromatic rings. The molecule has 116 valence electrons. The molecular weight excluding hydrogens is 248 g/mol. The van der Waals surface area contributed by atoms with Gasteiger partial charge in [0.2, 0.25) is 0 Å². The van der Waals surface area contributed by atoms with E-state index >= 15 is 0 Å². The average Bonchev–Trinajstić information content (AvgIpc) is 2.27. The summed E-state index contributed by atoms with van der Waals surface area (Å²) in [7, 11) is -1.52. The maximum atomic E-state index is 6.25. The van der Waals surface area contributed by atoms with E-state index in [9.17, 15) is 0 Å². The minimum Gasteiger partial charge on any atom is -0.417 e. The first-order valence-corrected chi connectivity index (χ1v) is 11.3. The van der Waals surface area contributed by atoms with E-state index < -0.39 is 8.32 Å². The molecule has 0 fully saturated rings. The Kier molecular flexibility index (Phi) is 9.26. The van der Waals surface area contributed by atoms with Crippen LogP contribution in [0.3, 0.4) is 0 Å². The van der Waals surface area contributed by atoms with Crippen LogP contribution in [0.1, 0.15) is 79.6 Å². The van der Waals surface area contributed by atoms with Gasteiger partial charge in [-0.3, -0.25) is 0 Å². The maximum Gasteiger partial charge on any atom is 0.191 e. The molecule has 0 aromatic heterocycles. The second-order valence-corrected chi connectivity index (χ2v) is 12.5. The molecule has 0 rings (SSSR count). The van der Waals surface area contributed by atoms with Crippen molar-refractivity contribution in [1.82, 2.24) is 0 Å². The van der Waals surface area contributed by atoms with Crippen molar-refractivity contribution in [3.05, 3.63) is 0 Å². The van der Waals surface area contributed by atoms with Crippen molar-refractivity contribution in [2.75, 3.05) is 6.61 Å². The van der Waals surface area contributed by atoms with E-state index in [1.807, 2.05) is 0 Å². The van der Waals surface area contributed by atoms with Gasteiger partial charge in [0.1, 0.15) is 0 Å². The van der Waals surface area contributed by atoms with Crippen LogP contribution in [0.4, 0.5) is 0 Å². The van der Waals surface area contributed by atoms with Crippen LogP contribution < -0.4 is 0 Å². The molecule has 0 saturated carbocycles. The van der Waals surface area contributed by atoms with Crippen molar-refractivity contribution >= 4 is 8.32 Å². The lowest BCUT2D eigenvalue weighted by molar-refractivity contribution is 0.254. The fourth-order valence-electron chi connectivity index (χ4n) is 1.97. The van der Waals surface area contributed by atoms with Gasteiger partial charge >= 0.3 is 0 Å². The molecule has 1 atom stereocenters.